The Balaban J connectivity index is 1.47. The highest BCUT2D eigenvalue weighted by molar-refractivity contribution is 7.86. The monoisotopic (exact) mass is 538 g/mol. The van der Waals surface area contributed by atoms with Crippen LogP contribution in [0.4, 0.5) is 0 Å². The predicted molar refractivity (Wildman–Crippen MR) is 133 cm³/mol. The molecule has 5 rings (SSSR count). The highest BCUT2D eigenvalue weighted by atomic mass is 32.2. The molecule has 4 aliphatic carbocycles. The summed E-state index contributed by atoms with van der Waals surface area (Å²) in [6.07, 6.45) is 2.24. The van der Waals surface area contributed by atoms with Crippen LogP contribution < -0.4 is 0 Å². The lowest BCUT2D eigenvalue weighted by molar-refractivity contribution is -0.130. The molecule has 0 heterocycles. The molecular weight excluding hydrogens is 504 g/mol. The number of carbonyl (C=O) groups is 2. The summed E-state index contributed by atoms with van der Waals surface area (Å²) in [5.41, 5.74) is -1.89. The molecule has 0 aromatic heterocycles. The maximum atomic E-state index is 13.6. The zero-order valence-electron chi connectivity index (χ0n) is 21.0. The normalized spacial score (nSPS) is 38.7. The van der Waals surface area contributed by atoms with Gasteiger partial charge in [-0.25, -0.2) is 0 Å². The van der Waals surface area contributed by atoms with Gasteiger partial charge >= 0.3 is 0 Å². The van der Waals surface area contributed by atoms with Gasteiger partial charge in [-0.3, -0.25) is 18.7 Å². The van der Waals surface area contributed by atoms with E-state index in [0.29, 0.717) is 25.7 Å². The number of fused-ring (bicyclic) bond motifs is 4. The Morgan fingerprint density at radius 3 is 1.28 bits per heavy atom. The van der Waals surface area contributed by atoms with E-state index in [9.17, 15) is 35.5 Å². The molecule has 0 amide bonds. The van der Waals surface area contributed by atoms with Crippen molar-refractivity contribution in [3.63, 3.8) is 0 Å². The summed E-state index contributed by atoms with van der Waals surface area (Å²) < 4.78 is 66.5. The van der Waals surface area contributed by atoms with Crippen molar-refractivity contribution >= 4 is 31.8 Å². The highest BCUT2D eigenvalue weighted by Gasteiger charge is 2.71. The standard InChI is InChI=1S/C26H34O8S2/c1-23(2)17-9-11-25(23,13-35(29,30)31)21(27)19(17)15-5-7-16(8-6-15)20-18-10-12-26(22(20)28,24(18,3)4)14-36(32,33)34/h5-8,17-20H,9-14H2,1-4H3,(H,29,30,31)(H,32,33,34). The van der Waals surface area contributed by atoms with E-state index in [1.165, 1.54) is 0 Å². The summed E-state index contributed by atoms with van der Waals surface area (Å²) in [4.78, 5) is 27.3. The van der Waals surface area contributed by atoms with E-state index in [2.05, 4.69) is 0 Å². The Morgan fingerprint density at radius 1 is 0.694 bits per heavy atom. The molecule has 4 bridgehead atoms. The molecule has 4 saturated carbocycles. The number of carbonyl (C=O) groups excluding carboxylic acids is 2. The van der Waals surface area contributed by atoms with Gasteiger partial charge in [0.05, 0.1) is 22.3 Å². The minimum Gasteiger partial charge on any atom is -0.298 e. The molecule has 10 heteroatoms. The second-order valence-corrected chi connectivity index (χ2v) is 15.6. The van der Waals surface area contributed by atoms with Crippen LogP contribution in [-0.4, -0.2) is 49.0 Å². The van der Waals surface area contributed by atoms with Crippen LogP contribution in [0.5, 0.6) is 0 Å². The van der Waals surface area contributed by atoms with Crippen LogP contribution in [0.25, 0.3) is 0 Å². The molecule has 6 unspecified atom stereocenters. The zero-order chi connectivity index (χ0) is 26.7. The molecule has 4 fully saturated rings. The van der Waals surface area contributed by atoms with Crippen LogP contribution in [0.3, 0.4) is 0 Å². The third-order valence-corrected chi connectivity index (χ3v) is 12.6. The van der Waals surface area contributed by atoms with Crippen LogP contribution in [0.15, 0.2) is 24.3 Å². The van der Waals surface area contributed by atoms with Gasteiger partial charge in [0.1, 0.15) is 11.6 Å². The van der Waals surface area contributed by atoms with Crippen LogP contribution in [0, 0.1) is 33.5 Å². The maximum absolute atomic E-state index is 13.6. The van der Waals surface area contributed by atoms with Gasteiger partial charge in [0.25, 0.3) is 20.2 Å². The fourth-order valence-corrected chi connectivity index (χ4v) is 11.4. The van der Waals surface area contributed by atoms with Gasteiger partial charge in [0, 0.05) is 11.8 Å². The minimum absolute atomic E-state index is 0.0568. The molecule has 1 aromatic carbocycles. The lowest BCUT2D eigenvalue weighted by Gasteiger charge is -2.35. The first kappa shape index (κ1) is 26.0. The van der Waals surface area contributed by atoms with E-state index in [-0.39, 0.29) is 23.4 Å². The van der Waals surface area contributed by atoms with E-state index in [4.69, 9.17) is 0 Å². The van der Waals surface area contributed by atoms with Gasteiger partial charge < -0.3 is 0 Å². The lowest BCUT2D eigenvalue weighted by Crippen LogP contribution is -2.42. The molecule has 0 radical (unpaired) electrons. The molecule has 2 N–H and O–H groups in total. The van der Waals surface area contributed by atoms with Gasteiger partial charge in [-0.2, -0.15) is 16.8 Å². The summed E-state index contributed by atoms with van der Waals surface area (Å²) in [7, 11) is -8.68. The molecule has 198 valence electrons. The average molecular weight is 539 g/mol. The van der Waals surface area contributed by atoms with Crippen molar-refractivity contribution in [1.82, 2.24) is 0 Å². The quantitative estimate of drug-likeness (QED) is 0.523. The molecule has 0 saturated heterocycles. The Kier molecular flexibility index (Phi) is 5.41. The van der Waals surface area contributed by atoms with E-state index >= 15 is 0 Å². The van der Waals surface area contributed by atoms with Gasteiger partial charge in [-0.05, 0) is 59.5 Å². The van der Waals surface area contributed by atoms with Crippen LogP contribution in [-0.2, 0) is 29.8 Å². The summed E-state index contributed by atoms with van der Waals surface area (Å²) in [6, 6.07) is 7.32. The fraction of sp³-hybridized carbons (Fsp3) is 0.692. The lowest BCUT2D eigenvalue weighted by atomic mass is 9.70. The van der Waals surface area contributed by atoms with Gasteiger partial charge in [-0.1, -0.05) is 52.0 Å². The van der Waals surface area contributed by atoms with Gasteiger partial charge in [-0.15, -0.1) is 0 Å². The highest BCUT2D eigenvalue weighted by Crippen LogP contribution is 2.70. The summed E-state index contributed by atoms with van der Waals surface area (Å²) >= 11 is 0. The van der Waals surface area contributed by atoms with E-state index in [0.717, 1.165) is 11.1 Å². The molecule has 0 spiro atoms. The van der Waals surface area contributed by atoms with Crippen LogP contribution >= 0.6 is 0 Å². The number of ketones is 2. The zero-order valence-corrected chi connectivity index (χ0v) is 22.7. The topological polar surface area (TPSA) is 143 Å². The van der Waals surface area contributed by atoms with Crippen molar-refractivity contribution in [3.05, 3.63) is 35.4 Å². The molecule has 36 heavy (non-hydrogen) atoms. The van der Waals surface area contributed by atoms with E-state index in [1.807, 2.05) is 52.0 Å². The van der Waals surface area contributed by atoms with E-state index < -0.39 is 65.2 Å². The minimum atomic E-state index is -4.34. The van der Waals surface area contributed by atoms with Gasteiger partial charge in [0.2, 0.25) is 0 Å². The number of benzene rings is 1. The molecule has 4 aliphatic rings. The number of rotatable bonds is 6. The van der Waals surface area contributed by atoms with Crippen LogP contribution in [0.1, 0.15) is 76.3 Å². The van der Waals surface area contributed by atoms with Gasteiger partial charge in [0.15, 0.2) is 0 Å². The second-order valence-electron chi connectivity index (χ2n) is 12.7. The average Bonchev–Trinajstić information content (AvgIpc) is 3.23. The van der Waals surface area contributed by atoms with Crippen molar-refractivity contribution in [2.45, 2.75) is 65.2 Å². The summed E-state index contributed by atoms with van der Waals surface area (Å²) in [6.45, 7) is 7.64. The Bertz CT molecular complexity index is 1250. The third-order valence-electron chi connectivity index (χ3n) is 10.9. The first-order chi connectivity index (χ1) is 16.4. The van der Waals surface area contributed by atoms with Crippen molar-refractivity contribution < 1.29 is 35.5 Å². The van der Waals surface area contributed by atoms with Crippen molar-refractivity contribution in [1.29, 1.82) is 0 Å². The largest absolute Gasteiger partial charge is 0.298 e. The van der Waals surface area contributed by atoms with Crippen molar-refractivity contribution in [2.75, 3.05) is 11.5 Å². The Hall–Kier alpha value is -1.62. The first-order valence-electron chi connectivity index (χ1n) is 12.5. The molecule has 6 atom stereocenters. The smallest absolute Gasteiger partial charge is 0.265 e. The molecular formula is C26H34O8S2. The fourth-order valence-electron chi connectivity index (χ4n) is 8.85. The maximum Gasteiger partial charge on any atom is 0.265 e. The third kappa shape index (κ3) is 3.29. The molecule has 0 aliphatic heterocycles. The Morgan fingerprint density at radius 2 is 1.00 bits per heavy atom. The van der Waals surface area contributed by atoms with Crippen LogP contribution in [0.2, 0.25) is 0 Å². The van der Waals surface area contributed by atoms with Crippen molar-refractivity contribution in [2.24, 2.45) is 33.5 Å². The second kappa shape index (κ2) is 7.48. The van der Waals surface area contributed by atoms with Crippen molar-refractivity contribution in [3.8, 4) is 0 Å². The number of hydrogen-bond donors (Lipinski definition) is 2. The van der Waals surface area contributed by atoms with E-state index in [1.54, 1.807) is 0 Å². The SMILES string of the molecule is CC1(C)C2CCC1(CS(=O)(=O)O)C(=O)C2c1ccc(C2C(=O)C3(CS(=O)(=O)O)CCC2C3(C)C)cc1. The predicted octanol–water partition coefficient (Wildman–Crippen LogP) is 3.64. The number of hydrogen-bond acceptors (Lipinski definition) is 6. The Labute approximate surface area is 212 Å². The first-order valence-corrected chi connectivity index (χ1v) is 15.7. The summed E-state index contributed by atoms with van der Waals surface area (Å²) in [5.74, 6) is -2.53. The molecule has 8 nitrogen and oxygen atoms in total. The number of Topliss-reactive ketones (excluding diaryl/α,β-unsaturated/α-hetero) is 2. The molecule has 1 aromatic rings. The summed E-state index contributed by atoms with van der Waals surface area (Å²) in [5, 5.41) is 0.